The maximum absolute atomic E-state index is 13.3. The first-order valence-electron chi connectivity index (χ1n) is 22.7. The van der Waals surface area contributed by atoms with Gasteiger partial charge in [0.1, 0.15) is 36.3 Å². The number of carboxylic acids is 1. The number of allylic oxidation sites excluding steroid dienone is 4. The minimum Gasteiger partial charge on any atom is -0.488 e. The third-order valence-corrected chi connectivity index (χ3v) is 12.0. The van der Waals surface area contributed by atoms with Crippen LogP contribution in [0.15, 0.2) is 121 Å². The number of hydrogen-bond acceptors (Lipinski definition) is 7. The number of carbonyl (C=O) groups is 4. The van der Waals surface area contributed by atoms with Crippen molar-refractivity contribution in [1.82, 2.24) is 0 Å². The Morgan fingerprint density at radius 1 is 0.557 bits per heavy atom. The summed E-state index contributed by atoms with van der Waals surface area (Å²) >= 11 is 12.7. The molecule has 0 atom stereocenters. The molecule has 2 aliphatic carbocycles. The number of aromatic carboxylic acids is 1. The second-order valence-corrected chi connectivity index (χ2v) is 17.6. The molecule has 6 aromatic rings. The Bertz CT molecular complexity index is 3010. The molecule has 0 saturated carbocycles. The van der Waals surface area contributed by atoms with Crippen molar-refractivity contribution < 1.29 is 47.3 Å². The second kappa shape index (κ2) is 23.3. The summed E-state index contributed by atoms with van der Waals surface area (Å²) in [6, 6.07) is 33.4. The van der Waals surface area contributed by atoms with Crippen LogP contribution in [0.1, 0.15) is 113 Å². The highest BCUT2D eigenvalue weighted by atomic mass is 35.5. The lowest BCUT2D eigenvalue weighted by atomic mass is 9.94. The maximum Gasteiger partial charge on any atom is 0.338 e. The van der Waals surface area contributed by atoms with Gasteiger partial charge in [-0.15, -0.1) is 0 Å². The lowest BCUT2D eigenvalue weighted by molar-refractivity contribution is -0.115. The molecule has 0 radical (unpaired) electrons. The zero-order valence-electron chi connectivity index (χ0n) is 38.7. The molecule has 0 unspecified atom stereocenters. The predicted octanol–water partition coefficient (Wildman–Crippen LogP) is 14.1. The maximum atomic E-state index is 13.3. The minimum absolute atomic E-state index is 0.0962. The molecule has 0 aromatic heterocycles. The van der Waals surface area contributed by atoms with Crippen LogP contribution < -0.4 is 20.1 Å². The zero-order valence-corrected chi connectivity index (χ0v) is 40.2. The van der Waals surface area contributed by atoms with E-state index in [1.54, 1.807) is 73.7 Å². The van der Waals surface area contributed by atoms with Crippen LogP contribution in [0.4, 0.5) is 20.2 Å². The van der Waals surface area contributed by atoms with Gasteiger partial charge in [-0.1, -0.05) is 47.5 Å². The fourth-order valence-corrected chi connectivity index (χ4v) is 8.88. The molecule has 8 rings (SSSR count). The Hall–Kier alpha value is -7.28. The molecule has 14 heteroatoms. The van der Waals surface area contributed by atoms with Gasteiger partial charge in [0.25, 0.3) is 0 Å². The lowest BCUT2D eigenvalue weighted by Crippen LogP contribution is -2.10. The molecular formula is C56H50Cl2F2N2O8. The summed E-state index contributed by atoms with van der Waals surface area (Å²) in [6.07, 6.45) is 4.94. The SMILES string of the molecule is CC(=O)Nc1cc(C(=O)O)cc(C2=C(c3cc(Cl)ccc3OCc3ccc(F)cc3)CCC2)c1.CCOC(=O)c1cc(NC(C)=O)cc(C2=C(c3cc(Cl)ccc3OCc3ccc(F)cc3)CCC2)c1. The molecule has 360 valence electrons. The smallest absolute Gasteiger partial charge is 0.338 e. The molecule has 2 aliphatic rings. The summed E-state index contributed by atoms with van der Waals surface area (Å²) in [5.41, 5.74) is 10.5. The van der Waals surface area contributed by atoms with Crippen molar-refractivity contribution in [2.24, 2.45) is 0 Å². The molecule has 0 saturated heterocycles. The van der Waals surface area contributed by atoms with E-state index in [2.05, 4.69) is 10.6 Å². The number of nitrogens with one attached hydrogen (secondary N) is 2. The van der Waals surface area contributed by atoms with Crippen molar-refractivity contribution in [2.75, 3.05) is 17.2 Å². The first kappa shape index (κ1) is 50.6. The van der Waals surface area contributed by atoms with Gasteiger partial charge in [-0.3, -0.25) is 9.59 Å². The third-order valence-electron chi connectivity index (χ3n) is 11.5. The van der Waals surface area contributed by atoms with Gasteiger partial charge >= 0.3 is 11.9 Å². The Morgan fingerprint density at radius 2 is 0.971 bits per heavy atom. The third kappa shape index (κ3) is 13.3. The van der Waals surface area contributed by atoms with E-state index < -0.39 is 11.9 Å². The van der Waals surface area contributed by atoms with Crippen molar-refractivity contribution in [3.8, 4) is 11.5 Å². The molecule has 0 fully saturated rings. The van der Waals surface area contributed by atoms with Crippen molar-refractivity contribution in [2.45, 2.75) is 72.5 Å². The number of amides is 2. The normalized spacial score (nSPS) is 13.1. The van der Waals surface area contributed by atoms with Crippen LogP contribution in [0.2, 0.25) is 10.0 Å². The van der Waals surface area contributed by atoms with Gasteiger partial charge < -0.3 is 30.0 Å². The van der Waals surface area contributed by atoms with E-state index in [-0.39, 0.29) is 48.8 Å². The number of ether oxygens (including phenoxy) is 3. The number of hydrogen-bond donors (Lipinski definition) is 3. The van der Waals surface area contributed by atoms with Crippen LogP contribution in [0.3, 0.4) is 0 Å². The number of carboxylic acid groups (broad SMARTS) is 1. The summed E-state index contributed by atoms with van der Waals surface area (Å²) in [5, 5.41) is 16.2. The van der Waals surface area contributed by atoms with Crippen LogP contribution in [-0.4, -0.2) is 35.5 Å². The Morgan fingerprint density at radius 3 is 1.39 bits per heavy atom. The topological polar surface area (TPSA) is 140 Å². The Labute approximate surface area is 414 Å². The number of benzene rings is 6. The van der Waals surface area contributed by atoms with Gasteiger partial charge in [0.2, 0.25) is 11.8 Å². The van der Waals surface area contributed by atoms with Gasteiger partial charge in [0.05, 0.1) is 17.7 Å². The van der Waals surface area contributed by atoms with Crippen molar-refractivity contribution in [3.05, 3.63) is 188 Å². The van der Waals surface area contributed by atoms with Crippen LogP contribution in [0.25, 0.3) is 22.3 Å². The quantitative estimate of drug-likeness (QED) is 0.0864. The molecular weight excluding hydrogens is 938 g/mol. The van der Waals surface area contributed by atoms with Gasteiger partial charge in [-0.25, -0.2) is 18.4 Å². The zero-order chi connectivity index (χ0) is 49.9. The Balaban J connectivity index is 0.000000207. The second-order valence-electron chi connectivity index (χ2n) is 16.7. The highest BCUT2D eigenvalue weighted by Crippen LogP contribution is 2.46. The average Bonchev–Trinajstić information content (AvgIpc) is 4.03. The van der Waals surface area contributed by atoms with Gasteiger partial charge in [-0.2, -0.15) is 0 Å². The summed E-state index contributed by atoms with van der Waals surface area (Å²) in [6.45, 7) is 5.35. The monoisotopic (exact) mass is 986 g/mol. The highest BCUT2D eigenvalue weighted by molar-refractivity contribution is 6.31. The Kier molecular flexibility index (Phi) is 16.9. The van der Waals surface area contributed by atoms with E-state index >= 15 is 0 Å². The molecule has 0 aliphatic heterocycles. The molecule has 0 spiro atoms. The predicted molar refractivity (Wildman–Crippen MR) is 270 cm³/mol. The van der Waals surface area contributed by atoms with E-state index in [4.69, 9.17) is 37.4 Å². The van der Waals surface area contributed by atoms with Gasteiger partial charge in [0, 0.05) is 46.4 Å². The molecule has 70 heavy (non-hydrogen) atoms. The van der Waals surface area contributed by atoms with E-state index in [0.29, 0.717) is 38.5 Å². The van der Waals surface area contributed by atoms with Crippen LogP contribution in [0.5, 0.6) is 11.5 Å². The van der Waals surface area contributed by atoms with Crippen molar-refractivity contribution in [1.29, 1.82) is 0 Å². The molecule has 2 amide bonds. The van der Waals surface area contributed by atoms with Gasteiger partial charge in [-0.05, 0) is 187 Å². The highest BCUT2D eigenvalue weighted by Gasteiger charge is 2.25. The average molecular weight is 988 g/mol. The van der Waals surface area contributed by atoms with Crippen molar-refractivity contribution >= 4 is 80.6 Å². The van der Waals surface area contributed by atoms with E-state index in [0.717, 1.165) is 94.2 Å². The van der Waals surface area contributed by atoms with Crippen LogP contribution in [0, 0.1) is 11.6 Å². The molecule has 0 heterocycles. The largest absolute Gasteiger partial charge is 0.488 e. The molecule has 6 aromatic carbocycles. The summed E-state index contributed by atoms with van der Waals surface area (Å²) < 4.78 is 43.9. The summed E-state index contributed by atoms with van der Waals surface area (Å²) in [4.78, 5) is 47.6. The summed E-state index contributed by atoms with van der Waals surface area (Å²) in [7, 11) is 0. The first-order valence-corrected chi connectivity index (χ1v) is 23.4. The first-order chi connectivity index (χ1) is 33.6. The van der Waals surface area contributed by atoms with E-state index in [1.807, 2.05) is 24.3 Å². The number of anilines is 2. The molecule has 3 N–H and O–H groups in total. The number of rotatable bonds is 15. The molecule has 0 bridgehead atoms. The molecule has 10 nitrogen and oxygen atoms in total. The van der Waals surface area contributed by atoms with Crippen molar-refractivity contribution in [3.63, 3.8) is 0 Å². The minimum atomic E-state index is -1.07. The number of carbonyl (C=O) groups excluding carboxylic acids is 3. The van der Waals surface area contributed by atoms with Crippen LogP contribution in [-0.2, 0) is 27.5 Å². The van der Waals surface area contributed by atoms with E-state index in [1.165, 1.54) is 44.2 Å². The lowest BCUT2D eigenvalue weighted by Gasteiger charge is -2.16. The van der Waals surface area contributed by atoms with E-state index in [9.17, 15) is 33.1 Å². The van der Waals surface area contributed by atoms with Crippen LogP contribution >= 0.6 is 23.2 Å². The fraction of sp³-hybridized carbons (Fsp3) is 0.214. The number of esters is 1. The fourth-order valence-electron chi connectivity index (χ4n) is 8.54. The number of halogens is 4. The van der Waals surface area contributed by atoms with Gasteiger partial charge in [0.15, 0.2) is 0 Å². The summed E-state index contributed by atoms with van der Waals surface area (Å²) in [5.74, 6) is -1.32. The standard InChI is InChI=1S/C29H27ClFNO4.C27H23ClFNO4/c1-3-35-29(34)21-13-20(14-24(15-21)32-18(2)33)25-5-4-6-26(25)27-16-22(30)9-12-28(27)36-17-19-7-10-23(31)11-8-19;1-16(31)30-22-12-18(11-19(13-22)27(32)33)23-3-2-4-24(23)25-14-20(28)7-10-26(25)34-15-17-5-8-21(29)9-6-17/h7-16H,3-6,17H2,1-2H3,(H,32,33);5-14H,2-4,15H2,1H3,(H,30,31)(H,32,33).